The number of benzene rings is 1. The second-order valence-corrected chi connectivity index (χ2v) is 5.79. The zero-order valence-corrected chi connectivity index (χ0v) is 13.2. The summed E-state index contributed by atoms with van der Waals surface area (Å²) in [6.45, 7) is 3.94. The van der Waals surface area contributed by atoms with E-state index < -0.39 is 0 Å². The molecule has 0 saturated carbocycles. The Kier molecular flexibility index (Phi) is 6.49. The molecular formula is C16H23ClN2O2. The summed E-state index contributed by atoms with van der Waals surface area (Å²) < 4.78 is 5.51. The monoisotopic (exact) mass is 310 g/mol. The first kappa shape index (κ1) is 16.3. The van der Waals surface area contributed by atoms with Crippen LogP contribution in [0.2, 0.25) is 5.02 Å². The van der Waals surface area contributed by atoms with Gasteiger partial charge in [-0.05, 0) is 37.0 Å². The summed E-state index contributed by atoms with van der Waals surface area (Å²) in [6.07, 6.45) is 3.28. The van der Waals surface area contributed by atoms with Gasteiger partial charge in [-0.2, -0.15) is 0 Å². The third-order valence-corrected chi connectivity index (χ3v) is 3.91. The van der Waals surface area contributed by atoms with E-state index in [1.54, 1.807) is 0 Å². The maximum atomic E-state index is 12.0. The molecule has 1 heterocycles. The van der Waals surface area contributed by atoms with Crippen LogP contribution in [0.5, 0.6) is 0 Å². The van der Waals surface area contributed by atoms with Gasteiger partial charge in [0, 0.05) is 18.2 Å². The van der Waals surface area contributed by atoms with Crippen LogP contribution in [0.4, 0.5) is 0 Å². The molecule has 0 spiro atoms. The normalized spacial score (nSPS) is 19.4. The van der Waals surface area contributed by atoms with Gasteiger partial charge in [-0.1, -0.05) is 30.7 Å². The lowest BCUT2D eigenvalue weighted by Crippen LogP contribution is -2.38. The van der Waals surface area contributed by atoms with Crippen molar-refractivity contribution in [2.45, 2.75) is 38.3 Å². The summed E-state index contributed by atoms with van der Waals surface area (Å²) in [5.74, 6) is -0.000164. The Hall–Kier alpha value is -1.10. The number of carbonyl (C=O) groups is 1. The first-order valence-electron chi connectivity index (χ1n) is 7.56. The van der Waals surface area contributed by atoms with E-state index in [1.165, 1.54) is 0 Å². The smallest absolute Gasteiger partial charge is 0.234 e. The minimum Gasteiger partial charge on any atom is -0.377 e. The first-order valence-corrected chi connectivity index (χ1v) is 7.94. The molecule has 4 nitrogen and oxygen atoms in total. The Bertz CT molecular complexity index is 461. The van der Waals surface area contributed by atoms with Crippen molar-refractivity contribution in [1.82, 2.24) is 10.6 Å². The van der Waals surface area contributed by atoms with Gasteiger partial charge in [0.1, 0.15) is 0 Å². The lowest BCUT2D eigenvalue weighted by atomic mass is 10.0. The van der Waals surface area contributed by atoms with Crippen molar-refractivity contribution in [3.63, 3.8) is 0 Å². The molecule has 0 aromatic heterocycles. The highest BCUT2D eigenvalue weighted by Gasteiger charge is 2.16. The van der Waals surface area contributed by atoms with Crippen molar-refractivity contribution in [1.29, 1.82) is 0 Å². The highest BCUT2D eigenvalue weighted by molar-refractivity contribution is 6.30. The summed E-state index contributed by atoms with van der Waals surface area (Å²) in [4.78, 5) is 12.0. The van der Waals surface area contributed by atoms with Crippen LogP contribution in [-0.4, -0.2) is 31.7 Å². The van der Waals surface area contributed by atoms with E-state index in [9.17, 15) is 4.79 Å². The first-order chi connectivity index (χ1) is 10.2. The van der Waals surface area contributed by atoms with Crippen LogP contribution in [0.25, 0.3) is 0 Å². The Balaban J connectivity index is 1.76. The maximum absolute atomic E-state index is 12.0. The fraction of sp³-hybridized carbons (Fsp3) is 0.562. The molecule has 0 radical (unpaired) electrons. The number of nitrogens with one attached hydrogen (secondary N) is 2. The van der Waals surface area contributed by atoms with Crippen LogP contribution >= 0.6 is 11.6 Å². The Labute approximate surface area is 131 Å². The second-order valence-electron chi connectivity index (χ2n) is 5.35. The molecule has 21 heavy (non-hydrogen) atoms. The van der Waals surface area contributed by atoms with Gasteiger partial charge < -0.3 is 15.4 Å². The molecule has 0 bridgehead atoms. The van der Waals surface area contributed by atoms with Crippen LogP contribution in [0, 0.1) is 0 Å². The SMILES string of the molecule is CC[C@@H](NC(=O)CNC[C@@H]1CCCO1)c1cccc(Cl)c1. The van der Waals surface area contributed by atoms with Crippen LogP contribution in [0.15, 0.2) is 24.3 Å². The number of rotatable bonds is 7. The number of hydrogen-bond donors (Lipinski definition) is 2. The van der Waals surface area contributed by atoms with Gasteiger partial charge in [-0.25, -0.2) is 0 Å². The molecule has 2 atom stereocenters. The summed E-state index contributed by atoms with van der Waals surface area (Å²) >= 11 is 6.00. The van der Waals surface area contributed by atoms with Crippen LogP contribution in [0.3, 0.4) is 0 Å². The van der Waals surface area contributed by atoms with Crippen molar-refractivity contribution in [2.75, 3.05) is 19.7 Å². The maximum Gasteiger partial charge on any atom is 0.234 e. The number of ether oxygens (including phenoxy) is 1. The minimum absolute atomic E-state index is 0.000164. The summed E-state index contributed by atoms with van der Waals surface area (Å²) in [5, 5.41) is 6.88. The average Bonchev–Trinajstić information content (AvgIpc) is 2.98. The number of hydrogen-bond acceptors (Lipinski definition) is 3. The molecule has 116 valence electrons. The molecule has 0 unspecified atom stereocenters. The van der Waals surface area contributed by atoms with Gasteiger partial charge in [0.05, 0.1) is 18.7 Å². The summed E-state index contributed by atoms with van der Waals surface area (Å²) in [7, 11) is 0. The van der Waals surface area contributed by atoms with Crippen molar-refractivity contribution in [3.05, 3.63) is 34.9 Å². The van der Waals surface area contributed by atoms with Gasteiger partial charge in [-0.15, -0.1) is 0 Å². The molecule has 1 fully saturated rings. The van der Waals surface area contributed by atoms with Crippen LogP contribution in [0.1, 0.15) is 37.8 Å². The highest BCUT2D eigenvalue weighted by Crippen LogP contribution is 2.20. The van der Waals surface area contributed by atoms with Gasteiger partial charge in [0.25, 0.3) is 0 Å². The predicted octanol–water partition coefficient (Wildman–Crippen LogP) is 2.68. The fourth-order valence-electron chi connectivity index (χ4n) is 2.54. The number of amides is 1. The van der Waals surface area contributed by atoms with Crippen LogP contribution < -0.4 is 10.6 Å². The minimum atomic E-state index is -0.000164. The Morgan fingerprint density at radius 2 is 2.38 bits per heavy atom. The van der Waals surface area contributed by atoms with Gasteiger partial charge >= 0.3 is 0 Å². The van der Waals surface area contributed by atoms with Gasteiger partial charge in [0.2, 0.25) is 5.91 Å². The molecule has 1 amide bonds. The molecule has 2 N–H and O–H groups in total. The zero-order chi connectivity index (χ0) is 15.1. The Morgan fingerprint density at radius 3 is 3.05 bits per heavy atom. The van der Waals surface area contributed by atoms with Gasteiger partial charge in [0.15, 0.2) is 0 Å². The molecule has 1 aliphatic rings. The molecule has 2 rings (SSSR count). The van der Waals surface area contributed by atoms with E-state index in [0.29, 0.717) is 11.6 Å². The van der Waals surface area contributed by atoms with Gasteiger partial charge in [-0.3, -0.25) is 4.79 Å². The number of halogens is 1. The summed E-state index contributed by atoms with van der Waals surface area (Å²) in [6, 6.07) is 7.63. The largest absolute Gasteiger partial charge is 0.377 e. The number of carbonyl (C=O) groups excluding carboxylic acids is 1. The predicted molar refractivity (Wildman–Crippen MR) is 84.5 cm³/mol. The average molecular weight is 311 g/mol. The van der Waals surface area contributed by atoms with E-state index in [1.807, 2.05) is 31.2 Å². The van der Waals surface area contributed by atoms with E-state index in [0.717, 1.165) is 38.0 Å². The van der Waals surface area contributed by atoms with E-state index >= 15 is 0 Å². The van der Waals surface area contributed by atoms with Crippen molar-refractivity contribution in [2.24, 2.45) is 0 Å². The molecule has 1 saturated heterocycles. The van der Waals surface area contributed by atoms with E-state index in [-0.39, 0.29) is 18.1 Å². The third kappa shape index (κ3) is 5.30. The fourth-order valence-corrected chi connectivity index (χ4v) is 2.74. The van der Waals surface area contributed by atoms with Crippen molar-refractivity contribution < 1.29 is 9.53 Å². The topological polar surface area (TPSA) is 50.4 Å². The lowest BCUT2D eigenvalue weighted by molar-refractivity contribution is -0.121. The molecule has 0 aliphatic carbocycles. The Morgan fingerprint density at radius 1 is 1.52 bits per heavy atom. The molecule has 1 aromatic carbocycles. The highest BCUT2D eigenvalue weighted by atomic mass is 35.5. The molecule has 1 aromatic rings. The second kappa shape index (κ2) is 8.37. The van der Waals surface area contributed by atoms with E-state index in [4.69, 9.17) is 16.3 Å². The van der Waals surface area contributed by atoms with Crippen LogP contribution in [-0.2, 0) is 9.53 Å². The summed E-state index contributed by atoms with van der Waals surface area (Å²) in [5.41, 5.74) is 1.04. The van der Waals surface area contributed by atoms with E-state index in [2.05, 4.69) is 10.6 Å². The molecular weight excluding hydrogens is 288 g/mol. The molecule has 5 heteroatoms. The van der Waals surface area contributed by atoms with Crippen molar-refractivity contribution in [3.8, 4) is 0 Å². The third-order valence-electron chi connectivity index (χ3n) is 3.68. The standard InChI is InChI=1S/C16H23ClN2O2/c1-2-15(12-5-3-6-13(17)9-12)19-16(20)11-18-10-14-7-4-8-21-14/h3,5-6,9,14-15,18H,2,4,7-8,10-11H2,1H3,(H,19,20)/t14-,15+/m0/s1. The van der Waals surface area contributed by atoms with Crippen molar-refractivity contribution >= 4 is 17.5 Å². The zero-order valence-electron chi connectivity index (χ0n) is 12.4. The quantitative estimate of drug-likeness (QED) is 0.814. The molecule has 1 aliphatic heterocycles. The lowest BCUT2D eigenvalue weighted by Gasteiger charge is -2.18.